The van der Waals surface area contributed by atoms with Crippen LogP contribution in [0.2, 0.25) is 0 Å². The van der Waals surface area contributed by atoms with Crippen molar-refractivity contribution in [3.8, 4) is 0 Å². The zero-order chi connectivity index (χ0) is 12.7. The van der Waals surface area contributed by atoms with Crippen LogP contribution in [0.15, 0.2) is 12.3 Å². The molecule has 1 N–H and O–H groups in total. The molecular weight excluding hydrogens is 234 g/mol. The number of amides is 1. The van der Waals surface area contributed by atoms with Gasteiger partial charge in [0, 0.05) is 19.3 Å². The van der Waals surface area contributed by atoms with E-state index in [9.17, 15) is 9.59 Å². The summed E-state index contributed by atoms with van der Waals surface area (Å²) in [6.45, 7) is 1.57. The van der Waals surface area contributed by atoms with E-state index in [-0.39, 0.29) is 11.7 Å². The molecule has 1 aromatic rings. The monoisotopic (exact) mass is 249 g/mol. The molecule has 1 aliphatic carbocycles. The average Bonchev–Trinajstić information content (AvgIpc) is 3.02. The number of carboxylic acids is 1. The number of aromatic carboxylic acids is 1. The highest BCUT2D eigenvalue weighted by Gasteiger charge is 2.38. The zero-order valence-electron chi connectivity index (χ0n) is 9.95. The van der Waals surface area contributed by atoms with E-state index in [1.165, 1.54) is 31.5 Å². The second kappa shape index (κ2) is 4.12. The Morgan fingerprint density at radius 3 is 2.50 bits per heavy atom. The smallest absolute Gasteiger partial charge is 0.356 e. The molecule has 2 fully saturated rings. The SMILES string of the molecule is O=C(O)c1ccn(C(=O)N2CC3CCCC3C2)n1. The van der Waals surface area contributed by atoms with E-state index in [0.29, 0.717) is 11.8 Å². The summed E-state index contributed by atoms with van der Waals surface area (Å²) in [5.41, 5.74) is -0.0947. The number of nitrogens with zero attached hydrogens (tertiary/aromatic N) is 3. The zero-order valence-corrected chi connectivity index (χ0v) is 9.95. The maximum absolute atomic E-state index is 12.1. The number of hydrogen-bond donors (Lipinski definition) is 1. The van der Waals surface area contributed by atoms with Gasteiger partial charge in [-0.15, -0.1) is 0 Å². The summed E-state index contributed by atoms with van der Waals surface area (Å²) in [6.07, 6.45) is 5.09. The van der Waals surface area contributed by atoms with Crippen molar-refractivity contribution in [2.45, 2.75) is 19.3 Å². The van der Waals surface area contributed by atoms with Crippen LogP contribution < -0.4 is 0 Å². The minimum Gasteiger partial charge on any atom is -0.476 e. The second-order valence-corrected chi connectivity index (χ2v) is 5.09. The predicted octanol–water partition coefficient (Wildman–Crippen LogP) is 1.28. The van der Waals surface area contributed by atoms with Gasteiger partial charge < -0.3 is 10.0 Å². The number of aromatic nitrogens is 2. The fourth-order valence-corrected chi connectivity index (χ4v) is 3.08. The first-order chi connectivity index (χ1) is 8.65. The van der Waals surface area contributed by atoms with Gasteiger partial charge in [-0.1, -0.05) is 6.42 Å². The number of rotatable bonds is 1. The van der Waals surface area contributed by atoms with Gasteiger partial charge in [-0.2, -0.15) is 9.78 Å². The van der Waals surface area contributed by atoms with E-state index in [1.54, 1.807) is 4.90 Å². The third-order valence-electron chi connectivity index (χ3n) is 4.00. The van der Waals surface area contributed by atoms with Crippen molar-refractivity contribution in [2.24, 2.45) is 11.8 Å². The van der Waals surface area contributed by atoms with Crippen LogP contribution in [-0.4, -0.2) is 44.9 Å². The van der Waals surface area contributed by atoms with Crippen molar-refractivity contribution in [1.29, 1.82) is 0 Å². The first-order valence-electron chi connectivity index (χ1n) is 6.23. The van der Waals surface area contributed by atoms with E-state index < -0.39 is 5.97 Å². The quantitative estimate of drug-likeness (QED) is 0.813. The molecular formula is C12H15N3O3. The summed E-state index contributed by atoms with van der Waals surface area (Å²) in [4.78, 5) is 24.6. The molecule has 1 aromatic heterocycles. The fraction of sp³-hybridized carbons (Fsp3) is 0.583. The lowest BCUT2D eigenvalue weighted by Crippen LogP contribution is -2.33. The van der Waals surface area contributed by atoms with Crippen LogP contribution in [0.25, 0.3) is 0 Å². The van der Waals surface area contributed by atoms with Crippen LogP contribution in [0.4, 0.5) is 4.79 Å². The minimum absolute atomic E-state index is 0.0947. The lowest BCUT2D eigenvalue weighted by molar-refractivity contribution is 0.0690. The molecule has 0 bridgehead atoms. The van der Waals surface area contributed by atoms with Gasteiger partial charge in [0.15, 0.2) is 5.69 Å². The summed E-state index contributed by atoms with van der Waals surface area (Å²) < 4.78 is 1.13. The highest BCUT2D eigenvalue weighted by atomic mass is 16.4. The molecule has 0 spiro atoms. The standard InChI is InChI=1S/C12H15N3O3/c16-11(17)10-4-5-15(13-10)12(18)14-6-8-2-1-3-9(8)7-14/h4-5,8-9H,1-3,6-7H2,(H,16,17). The van der Waals surface area contributed by atoms with Crippen molar-refractivity contribution >= 4 is 12.0 Å². The van der Waals surface area contributed by atoms with Crippen LogP contribution in [0, 0.1) is 11.8 Å². The Bertz CT molecular complexity index is 485. The second-order valence-electron chi connectivity index (χ2n) is 5.09. The Morgan fingerprint density at radius 2 is 1.94 bits per heavy atom. The van der Waals surface area contributed by atoms with E-state index in [2.05, 4.69) is 5.10 Å². The van der Waals surface area contributed by atoms with Crippen LogP contribution in [-0.2, 0) is 0 Å². The molecule has 96 valence electrons. The number of fused-ring (bicyclic) bond motifs is 1. The highest BCUT2D eigenvalue weighted by Crippen LogP contribution is 2.37. The Morgan fingerprint density at radius 1 is 1.28 bits per heavy atom. The summed E-state index contributed by atoms with van der Waals surface area (Å²) >= 11 is 0. The van der Waals surface area contributed by atoms with E-state index in [0.717, 1.165) is 17.8 Å². The van der Waals surface area contributed by atoms with Crippen molar-refractivity contribution in [3.63, 3.8) is 0 Å². The summed E-state index contributed by atoms with van der Waals surface area (Å²) in [5.74, 6) is 0.145. The largest absolute Gasteiger partial charge is 0.476 e. The van der Waals surface area contributed by atoms with Crippen molar-refractivity contribution in [2.75, 3.05) is 13.1 Å². The maximum atomic E-state index is 12.1. The molecule has 1 amide bonds. The van der Waals surface area contributed by atoms with Gasteiger partial charge in [0.05, 0.1) is 0 Å². The molecule has 6 heteroatoms. The molecule has 2 unspecified atom stereocenters. The molecule has 3 rings (SSSR count). The van der Waals surface area contributed by atoms with Crippen LogP contribution >= 0.6 is 0 Å². The molecule has 2 atom stereocenters. The van der Waals surface area contributed by atoms with Gasteiger partial charge in [-0.25, -0.2) is 9.59 Å². The summed E-state index contributed by atoms with van der Waals surface area (Å²) in [7, 11) is 0. The van der Waals surface area contributed by atoms with E-state index >= 15 is 0 Å². The topological polar surface area (TPSA) is 75.4 Å². The highest BCUT2D eigenvalue weighted by molar-refractivity contribution is 5.86. The van der Waals surface area contributed by atoms with Crippen LogP contribution in [0.1, 0.15) is 29.8 Å². The van der Waals surface area contributed by atoms with Gasteiger partial charge in [0.1, 0.15) is 0 Å². The van der Waals surface area contributed by atoms with Gasteiger partial charge in [0.2, 0.25) is 0 Å². The molecule has 2 heterocycles. The lowest BCUT2D eigenvalue weighted by atomic mass is 10.0. The van der Waals surface area contributed by atoms with Gasteiger partial charge in [0.25, 0.3) is 0 Å². The van der Waals surface area contributed by atoms with Gasteiger partial charge in [-0.05, 0) is 30.7 Å². The van der Waals surface area contributed by atoms with E-state index in [4.69, 9.17) is 5.11 Å². The Balaban J connectivity index is 1.72. The number of hydrogen-bond acceptors (Lipinski definition) is 3. The van der Waals surface area contributed by atoms with Gasteiger partial charge in [-0.3, -0.25) is 0 Å². The molecule has 0 radical (unpaired) electrons. The molecule has 1 aliphatic heterocycles. The number of carbonyl (C=O) groups excluding carboxylic acids is 1. The molecule has 18 heavy (non-hydrogen) atoms. The van der Waals surface area contributed by atoms with Crippen molar-refractivity contribution < 1.29 is 14.7 Å². The number of carboxylic acid groups (broad SMARTS) is 1. The number of likely N-dealkylation sites (tertiary alicyclic amines) is 1. The van der Waals surface area contributed by atoms with Crippen molar-refractivity contribution in [3.05, 3.63) is 18.0 Å². The molecule has 2 aliphatic rings. The lowest BCUT2D eigenvalue weighted by Gasteiger charge is -2.16. The molecule has 0 aromatic carbocycles. The number of carbonyl (C=O) groups is 2. The predicted molar refractivity (Wildman–Crippen MR) is 62.4 cm³/mol. The van der Waals surface area contributed by atoms with Crippen LogP contribution in [0.5, 0.6) is 0 Å². The minimum atomic E-state index is -1.11. The van der Waals surface area contributed by atoms with Crippen LogP contribution in [0.3, 0.4) is 0 Å². The molecule has 1 saturated carbocycles. The Labute approximate surface area is 104 Å². The Hall–Kier alpha value is -1.85. The first-order valence-corrected chi connectivity index (χ1v) is 6.23. The summed E-state index contributed by atoms with van der Waals surface area (Å²) in [5, 5.41) is 12.5. The fourth-order valence-electron chi connectivity index (χ4n) is 3.08. The molecule has 1 saturated heterocycles. The summed E-state index contributed by atoms with van der Waals surface area (Å²) in [6, 6.07) is 1.13. The van der Waals surface area contributed by atoms with Gasteiger partial charge >= 0.3 is 12.0 Å². The maximum Gasteiger partial charge on any atom is 0.356 e. The molecule has 6 nitrogen and oxygen atoms in total. The van der Waals surface area contributed by atoms with Crippen molar-refractivity contribution in [1.82, 2.24) is 14.7 Å². The third kappa shape index (κ3) is 1.77. The van der Waals surface area contributed by atoms with E-state index in [1.807, 2.05) is 0 Å². The third-order valence-corrected chi connectivity index (χ3v) is 4.00. The Kier molecular flexibility index (Phi) is 2.57. The first kappa shape index (κ1) is 11.3. The average molecular weight is 249 g/mol. The normalized spacial score (nSPS) is 26.3.